The Morgan fingerprint density at radius 3 is 1.73 bits per heavy atom. The molecule has 0 radical (unpaired) electrons. The second kappa shape index (κ2) is 5.89. The molecular weight excluding hydrogens is 182 g/mol. The van der Waals surface area contributed by atoms with E-state index in [0.29, 0.717) is 10.8 Å². The van der Waals surface area contributed by atoms with Gasteiger partial charge in [0.05, 0.1) is 0 Å². The number of rotatable bonds is 5. The van der Waals surface area contributed by atoms with Gasteiger partial charge in [0.15, 0.2) is 0 Å². The summed E-state index contributed by atoms with van der Waals surface area (Å²) in [6.07, 6.45) is 2.65. The fourth-order valence-corrected chi connectivity index (χ4v) is 1.85. The van der Waals surface area contributed by atoms with E-state index in [4.69, 9.17) is 0 Å². The van der Waals surface area contributed by atoms with Crippen molar-refractivity contribution in [3.8, 4) is 0 Å². The zero-order valence-electron chi connectivity index (χ0n) is 12.0. The molecule has 0 saturated carbocycles. The first-order chi connectivity index (χ1) is 6.64. The van der Waals surface area contributed by atoms with Crippen molar-refractivity contribution >= 4 is 0 Å². The number of hydrogen-bond acceptors (Lipinski definition) is 1. The van der Waals surface area contributed by atoms with Crippen molar-refractivity contribution in [2.75, 3.05) is 19.6 Å². The fraction of sp³-hybridized carbons (Fsp3) is 1.00. The molecule has 0 aliphatic rings. The molecule has 15 heavy (non-hydrogen) atoms. The quantitative estimate of drug-likeness (QED) is 0.662. The van der Waals surface area contributed by atoms with Crippen LogP contribution < -0.4 is 0 Å². The summed E-state index contributed by atoms with van der Waals surface area (Å²) in [5, 5.41) is 0. The summed E-state index contributed by atoms with van der Waals surface area (Å²) in [7, 11) is 0. The summed E-state index contributed by atoms with van der Waals surface area (Å²) < 4.78 is 0. The van der Waals surface area contributed by atoms with E-state index in [9.17, 15) is 0 Å². The molecule has 0 aromatic rings. The molecule has 0 saturated heterocycles. The lowest BCUT2D eigenvalue weighted by atomic mass is 9.90. The highest BCUT2D eigenvalue weighted by molar-refractivity contribution is 4.69. The molecule has 0 spiro atoms. The van der Waals surface area contributed by atoms with E-state index in [1.807, 2.05) is 0 Å². The Bertz CT molecular complexity index is 159. The first kappa shape index (κ1) is 15.0. The van der Waals surface area contributed by atoms with E-state index in [0.717, 1.165) is 0 Å². The second-order valence-corrected chi connectivity index (χ2v) is 7.09. The molecular formula is C14H31N. The summed E-state index contributed by atoms with van der Waals surface area (Å²) in [5.41, 5.74) is 0.916. The van der Waals surface area contributed by atoms with Gasteiger partial charge >= 0.3 is 0 Å². The summed E-state index contributed by atoms with van der Waals surface area (Å²) >= 11 is 0. The Balaban J connectivity index is 3.82. The Labute approximate surface area is 97.2 Å². The van der Waals surface area contributed by atoms with Gasteiger partial charge in [0.2, 0.25) is 0 Å². The molecule has 0 aromatic heterocycles. The maximum absolute atomic E-state index is 2.58. The first-order valence-corrected chi connectivity index (χ1v) is 6.36. The van der Waals surface area contributed by atoms with Gasteiger partial charge in [-0.15, -0.1) is 0 Å². The summed E-state index contributed by atoms with van der Waals surface area (Å²) in [6.45, 7) is 19.9. The molecule has 0 heterocycles. The maximum atomic E-state index is 2.58. The summed E-state index contributed by atoms with van der Waals surface area (Å²) in [5.74, 6) is 0. The van der Waals surface area contributed by atoms with Crippen molar-refractivity contribution < 1.29 is 0 Å². The zero-order valence-corrected chi connectivity index (χ0v) is 12.0. The van der Waals surface area contributed by atoms with Crippen LogP contribution in [0.5, 0.6) is 0 Å². The Hall–Kier alpha value is -0.0400. The first-order valence-electron chi connectivity index (χ1n) is 6.36. The van der Waals surface area contributed by atoms with E-state index in [2.05, 4.69) is 53.4 Å². The van der Waals surface area contributed by atoms with Gasteiger partial charge in [-0.25, -0.2) is 0 Å². The van der Waals surface area contributed by atoms with Crippen LogP contribution in [0.3, 0.4) is 0 Å². The molecule has 0 aliphatic heterocycles. The molecule has 0 aliphatic carbocycles. The Morgan fingerprint density at radius 2 is 1.40 bits per heavy atom. The normalized spacial score (nSPS) is 13.6. The van der Waals surface area contributed by atoms with Gasteiger partial charge in [-0.05, 0) is 36.8 Å². The van der Waals surface area contributed by atoms with Gasteiger partial charge in [-0.1, -0.05) is 48.5 Å². The fourth-order valence-electron chi connectivity index (χ4n) is 1.85. The molecule has 1 nitrogen and oxygen atoms in total. The summed E-state index contributed by atoms with van der Waals surface area (Å²) in [4.78, 5) is 2.58. The van der Waals surface area contributed by atoms with Crippen molar-refractivity contribution in [2.45, 2.75) is 61.3 Å². The number of hydrogen-bond donors (Lipinski definition) is 0. The SMILES string of the molecule is CCN(CCCC(C)(C)C)CC(C)(C)C. The molecule has 0 N–H and O–H groups in total. The van der Waals surface area contributed by atoms with Gasteiger partial charge in [0, 0.05) is 6.54 Å². The van der Waals surface area contributed by atoms with Crippen LogP contribution in [-0.4, -0.2) is 24.5 Å². The maximum Gasteiger partial charge on any atom is 0.00299 e. The highest BCUT2D eigenvalue weighted by Crippen LogP contribution is 2.21. The van der Waals surface area contributed by atoms with Crippen LogP contribution in [0.15, 0.2) is 0 Å². The van der Waals surface area contributed by atoms with E-state index in [-0.39, 0.29) is 0 Å². The van der Waals surface area contributed by atoms with Crippen LogP contribution in [0.2, 0.25) is 0 Å². The largest absolute Gasteiger partial charge is 0.303 e. The van der Waals surface area contributed by atoms with Crippen LogP contribution in [0.25, 0.3) is 0 Å². The predicted molar refractivity (Wildman–Crippen MR) is 70.3 cm³/mol. The van der Waals surface area contributed by atoms with Gasteiger partial charge in [-0.3, -0.25) is 0 Å². The van der Waals surface area contributed by atoms with Crippen LogP contribution in [0.1, 0.15) is 61.3 Å². The molecule has 1 heteroatoms. The third-order valence-electron chi connectivity index (χ3n) is 2.55. The molecule has 92 valence electrons. The predicted octanol–water partition coefficient (Wildman–Crippen LogP) is 4.18. The molecule has 0 bridgehead atoms. The topological polar surface area (TPSA) is 3.24 Å². The van der Waals surface area contributed by atoms with Crippen LogP contribution >= 0.6 is 0 Å². The van der Waals surface area contributed by atoms with Crippen molar-refractivity contribution in [3.05, 3.63) is 0 Å². The lowest BCUT2D eigenvalue weighted by molar-refractivity contribution is 0.188. The molecule has 0 unspecified atom stereocenters. The summed E-state index contributed by atoms with van der Waals surface area (Å²) in [6, 6.07) is 0. The van der Waals surface area contributed by atoms with Crippen molar-refractivity contribution in [2.24, 2.45) is 10.8 Å². The minimum Gasteiger partial charge on any atom is -0.303 e. The molecule has 0 fully saturated rings. The average molecular weight is 213 g/mol. The average Bonchev–Trinajstić information content (AvgIpc) is 1.97. The molecule has 0 aromatic carbocycles. The van der Waals surface area contributed by atoms with Gasteiger partial charge < -0.3 is 4.90 Å². The minimum atomic E-state index is 0.428. The van der Waals surface area contributed by atoms with E-state index >= 15 is 0 Å². The Morgan fingerprint density at radius 1 is 0.867 bits per heavy atom. The zero-order chi connectivity index (χ0) is 12.1. The molecule has 0 rings (SSSR count). The highest BCUT2D eigenvalue weighted by Gasteiger charge is 2.16. The molecule has 0 atom stereocenters. The van der Waals surface area contributed by atoms with Crippen molar-refractivity contribution in [1.29, 1.82) is 0 Å². The third-order valence-corrected chi connectivity index (χ3v) is 2.55. The lowest BCUT2D eigenvalue weighted by Crippen LogP contribution is -2.33. The van der Waals surface area contributed by atoms with Gasteiger partial charge in [0.25, 0.3) is 0 Å². The second-order valence-electron chi connectivity index (χ2n) is 7.09. The van der Waals surface area contributed by atoms with E-state index < -0.39 is 0 Å². The highest BCUT2D eigenvalue weighted by atomic mass is 15.1. The Kier molecular flexibility index (Phi) is 5.87. The van der Waals surface area contributed by atoms with Crippen molar-refractivity contribution in [1.82, 2.24) is 4.90 Å². The van der Waals surface area contributed by atoms with Crippen LogP contribution in [-0.2, 0) is 0 Å². The third kappa shape index (κ3) is 10.2. The standard InChI is InChI=1S/C14H31N/c1-8-15(12-14(5,6)7)11-9-10-13(2,3)4/h8-12H2,1-7H3. The monoisotopic (exact) mass is 213 g/mol. The lowest BCUT2D eigenvalue weighted by Gasteiger charge is -2.29. The van der Waals surface area contributed by atoms with Crippen molar-refractivity contribution in [3.63, 3.8) is 0 Å². The van der Waals surface area contributed by atoms with Crippen LogP contribution in [0.4, 0.5) is 0 Å². The van der Waals surface area contributed by atoms with Gasteiger partial charge in [-0.2, -0.15) is 0 Å². The van der Waals surface area contributed by atoms with E-state index in [1.165, 1.54) is 32.5 Å². The minimum absolute atomic E-state index is 0.428. The van der Waals surface area contributed by atoms with Crippen LogP contribution in [0, 0.1) is 10.8 Å². The smallest absolute Gasteiger partial charge is 0.00299 e. The molecule has 0 amide bonds. The van der Waals surface area contributed by atoms with Gasteiger partial charge in [0.1, 0.15) is 0 Å². The van der Waals surface area contributed by atoms with E-state index in [1.54, 1.807) is 0 Å². The number of nitrogens with zero attached hydrogens (tertiary/aromatic N) is 1.